The molecule has 14 heteroatoms. The molecule has 6 N–H and O–H groups in total. The topological polar surface area (TPSA) is 191 Å². The van der Waals surface area contributed by atoms with Crippen LogP contribution in [0.1, 0.15) is 29.3 Å². The summed E-state index contributed by atoms with van der Waals surface area (Å²) in [4.78, 5) is 28.2. The number of sulfonamides is 1. The maximum absolute atomic E-state index is 12.1. The fourth-order valence-electron chi connectivity index (χ4n) is 2.04. The summed E-state index contributed by atoms with van der Waals surface area (Å²) >= 11 is 0. The molecule has 0 aromatic heterocycles. The number of rotatable bonds is 9. The molecule has 0 radical (unpaired) electrons. The highest BCUT2D eigenvalue weighted by Crippen LogP contribution is 2.39. The zero-order valence-corrected chi connectivity index (χ0v) is 14.7. The van der Waals surface area contributed by atoms with Crippen molar-refractivity contribution in [3.8, 4) is 0 Å². The molecule has 25 heavy (non-hydrogen) atoms. The summed E-state index contributed by atoms with van der Waals surface area (Å²) in [5, 5.41) is 28.2. The highest BCUT2D eigenvalue weighted by molar-refractivity contribution is 7.88. The second kappa shape index (κ2) is 7.93. The minimum Gasteiger partial charge on any atom is -0.558 e. The molecule has 142 valence electrons. The van der Waals surface area contributed by atoms with Crippen LogP contribution in [0.3, 0.4) is 0 Å². The molecule has 0 amide bonds. The van der Waals surface area contributed by atoms with Gasteiger partial charge in [-0.3, -0.25) is 0 Å². The van der Waals surface area contributed by atoms with E-state index in [-0.39, 0.29) is 17.5 Å². The van der Waals surface area contributed by atoms with E-state index in [1.165, 1.54) is 25.1 Å². The molecule has 0 spiro atoms. The van der Waals surface area contributed by atoms with Gasteiger partial charge in [0.2, 0.25) is 10.0 Å². The summed E-state index contributed by atoms with van der Waals surface area (Å²) in [6, 6.07) is 5.10. The van der Waals surface area contributed by atoms with Gasteiger partial charge in [-0.25, -0.2) is 22.5 Å². The molecule has 0 aliphatic carbocycles. The number of nitrogens with one attached hydrogen (secondary N) is 1. The number of hydrogen-bond acceptors (Lipinski definition) is 7. The van der Waals surface area contributed by atoms with Gasteiger partial charge in [0.05, 0.1) is 11.3 Å². The number of phosphoric acid groups is 1. The summed E-state index contributed by atoms with van der Waals surface area (Å²) in [6.45, 7) is -2.84. The third kappa shape index (κ3) is 7.22. The SMILES string of the molecule is CC[C@H](NS(=O)(=O)Cc1cccc(C(=O)O)c1)[B-](O)(O)OP(=O)(O)O. The van der Waals surface area contributed by atoms with E-state index in [9.17, 15) is 27.8 Å². The molecule has 0 aliphatic heterocycles. The van der Waals surface area contributed by atoms with Crippen molar-refractivity contribution in [3.05, 3.63) is 35.4 Å². The zero-order chi connectivity index (χ0) is 19.5. The molecule has 0 unspecified atom stereocenters. The standard InChI is InChI=1S/C11H18BNO10PS/c1-2-10(12(16,17)23-24(18,19)20)13-25(21,22)7-8-4-3-5-9(6-8)11(14)15/h3-6,10,13,16-17H,2,7H2,1H3,(H,14,15)(H2,18,19,20)/q-1/t10-/m0/s1. The third-order valence-corrected chi connectivity index (χ3v) is 5.08. The van der Waals surface area contributed by atoms with Gasteiger partial charge in [0, 0.05) is 0 Å². The Morgan fingerprint density at radius 1 is 1.36 bits per heavy atom. The molecule has 0 heterocycles. The molecule has 1 aromatic rings. The predicted octanol–water partition coefficient (Wildman–Crippen LogP) is -0.845. The summed E-state index contributed by atoms with van der Waals surface area (Å²) < 4.78 is 40.8. The van der Waals surface area contributed by atoms with E-state index in [0.717, 1.165) is 6.07 Å². The Bertz CT molecular complexity index is 777. The minimum absolute atomic E-state index is 0.118. The molecular formula is C11H18BNO10PS-. The Hall–Kier alpha value is -1.31. The quantitative estimate of drug-likeness (QED) is 0.226. The summed E-state index contributed by atoms with van der Waals surface area (Å²) in [5.74, 6) is -3.66. The van der Waals surface area contributed by atoms with E-state index in [4.69, 9.17) is 14.9 Å². The Balaban J connectivity index is 2.96. The van der Waals surface area contributed by atoms with Gasteiger partial charge in [0.15, 0.2) is 0 Å². The van der Waals surface area contributed by atoms with Gasteiger partial charge < -0.3 is 29.4 Å². The van der Waals surface area contributed by atoms with Gasteiger partial charge in [-0.15, -0.1) is 0 Å². The van der Waals surface area contributed by atoms with Gasteiger partial charge in [0.25, 0.3) is 0 Å². The molecular weight excluding hydrogens is 380 g/mol. The molecule has 1 rings (SSSR count). The van der Waals surface area contributed by atoms with Crippen LogP contribution >= 0.6 is 7.82 Å². The van der Waals surface area contributed by atoms with Crippen LogP contribution < -0.4 is 4.72 Å². The maximum atomic E-state index is 12.1. The first kappa shape index (κ1) is 21.7. The molecule has 1 aromatic carbocycles. The average Bonchev–Trinajstić information content (AvgIpc) is 2.41. The Morgan fingerprint density at radius 2 is 1.96 bits per heavy atom. The fourth-order valence-corrected chi connectivity index (χ4v) is 4.10. The lowest BCUT2D eigenvalue weighted by atomic mass is 9.69. The fraction of sp³-hybridized carbons (Fsp3) is 0.364. The maximum Gasteiger partial charge on any atom is 0.430 e. The normalized spacial score (nSPS) is 14.3. The number of carboxylic acids is 1. The summed E-state index contributed by atoms with van der Waals surface area (Å²) in [7, 11) is -9.48. The molecule has 0 bridgehead atoms. The van der Waals surface area contributed by atoms with Crippen LogP contribution in [-0.4, -0.2) is 52.0 Å². The van der Waals surface area contributed by atoms with Crippen molar-refractivity contribution in [2.45, 2.75) is 25.0 Å². The van der Waals surface area contributed by atoms with Crippen LogP contribution in [0.4, 0.5) is 0 Å². The lowest BCUT2D eigenvalue weighted by Gasteiger charge is -2.36. The molecule has 0 saturated carbocycles. The van der Waals surface area contributed by atoms with E-state index in [1.807, 2.05) is 4.72 Å². The van der Waals surface area contributed by atoms with Gasteiger partial charge in [-0.1, -0.05) is 25.5 Å². The van der Waals surface area contributed by atoms with Gasteiger partial charge >= 0.3 is 20.5 Å². The number of hydrogen-bond donors (Lipinski definition) is 6. The van der Waals surface area contributed by atoms with Crippen LogP contribution in [0.5, 0.6) is 0 Å². The second-order valence-corrected chi connectivity index (χ2v) is 8.20. The Morgan fingerprint density at radius 3 is 2.44 bits per heavy atom. The molecule has 1 atom stereocenters. The smallest absolute Gasteiger partial charge is 0.430 e. The van der Waals surface area contributed by atoms with Crippen LogP contribution in [-0.2, 0) is 24.8 Å². The largest absolute Gasteiger partial charge is 0.558 e. The van der Waals surface area contributed by atoms with Crippen molar-refractivity contribution in [2.75, 3.05) is 0 Å². The van der Waals surface area contributed by atoms with Gasteiger partial charge in [-0.2, -0.15) is 0 Å². The van der Waals surface area contributed by atoms with Crippen LogP contribution in [0.2, 0.25) is 0 Å². The third-order valence-electron chi connectivity index (χ3n) is 3.12. The number of carbonyl (C=O) groups is 1. The Kier molecular flexibility index (Phi) is 6.90. The first-order chi connectivity index (χ1) is 11.3. The highest BCUT2D eigenvalue weighted by atomic mass is 32.2. The number of aromatic carboxylic acids is 1. The van der Waals surface area contributed by atoms with Gasteiger partial charge in [-0.05, 0) is 23.6 Å². The van der Waals surface area contributed by atoms with E-state index >= 15 is 0 Å². The van der Waals surface area contributed by atoms with E-state index in [1.54, 1.807) is 0 Å². The first-order valence-corrected chi connectivity index (χ1v) is 10.1. The van der Waals surface area contributed by atoms with Crippen LogP contribution in [0.25, 0.3) is 0 Å². The lowest BCUT2D eigenvalue weighted by Crippen LogP contribution is -2.58. The van der Waals surface area contributed by atoms with Crippen LogP contribution in [0, 0.1) is 0 Å². The van der Waals surface area contributed by atoms with E-state index in [0.29, 0.717) is 0 Å². The monoisotopic (exact) mass is 398 g/mol. The van der Waals surface area contributed by atoms with E-state index < -0.39 is 42.3 Å². The number of benzene rings is 1. The first-order valence-electron chi connectivity index (χ1n) is 6.93. The average molecular weight is 398 g/mol. The van der Waals surface area contributed by atoms with Gasteiger partial charge in [0.1, 0.15) is 0 Å². The highest BCUT2D eigenvalue weighted by Gasteiger charge is 2.38. The molecule has 0 saturated heterocycles. The van der Waals surface area contributed by atoms with Crippen molar-refractivity contribution in [1.29, 1.82) is 0 Å². The predicted molar refractivity (Wildman–Crippen MR) is 86.6 cm³/mol. The Labute approximate surface area is 143 Å². The lowest BCUT2D eigenvalue weighted by molar-refractivity contribution is 0.0696. The number of carboxylic acid groups (broad SMARTS) is 1. The van der Waals surface area contributed by atoms with E-state index in [2.05, 4.69) is 4.44 Å². The summed E-state index contributed by atoms with van der Waals surface area (Å²) in [5.41, 5.74) is -0.0143. The molecule has 0 fully saturated rings. The summed E-state index contributed by atoms with van der Waals surface area (Å²) in [6.07, 6.45) is -0.249. The minimum atomic E-state index is -5.28. The van der Waals surface area contributed by atoms with Crippen molar-refractivity contribution in [3.63, 3.8) is 0 Å². The molecule has 11 nitrogen and oxygen atoms in total. The second-order valence-electron chi connectivity index (χ2n) is 5.25. The van der Waals surface area contributed by atoms with Crippen molar-refractivity contribution in [1.82, 2.24) is 4.72 Å². The zero-order valence-electron chi connectivity index (χ0n) is 13.0. The molecule has 0 aliphatic rings. The van der Waals surface area contributed by atoms with Crippen molar-refractivity contribution < 1.29 is 47.2 Å². The van der Waals surface area contributed by atoms with Crippen LogP contribution in [0.15, 0.2) is 24.3 Å². The van der Waals surface area contributed by atoms with Crippen molar-refractivity contribution in [2.24, 2.45) is 0 Å². The van der Waals surface area contributed by atoms with Crippen molar-refractivity contribution >= 4 is 30.6 Å².